The van der Waals surface area contributed by atoms with Gasteiger partial charge >= 0.3 is 6.36 Å². The van der Waals surface area contributed by atoms with Crippen molar-refractivity contribution in [2.45, 2.75) is 31.7 Å². The predicted molar refractivity (Wildman–Crippen MR) is 132 cm³/mol. The van der Waals surface area contributed by atoms with E-state index in [9.17, 15) is 32.3 Å². The van der Waals surface area contributed by atoms with E-state index in [1.54, 1.807) is 6.92 Å². The number of hydrogen-bond donors (Lipinski definition) is 2. The predicted octanol–water partition coefficient (Wildman–Crippen LogP) is 4.19. The Kier molecular flexibility index (Phi) is 8.25. The molecule has 4 aromatic rings. The SMILES string of the molecule is CC(c1nc(C(=O)Nc2cnoc2)c(O)c(=O)n1C)C(c1cnn(CCOC(F)(F)F)c1)c1cc(F)ccc1Cl. The zero-order valence-corrected chi connectivity index (χ0v) is 21.6. The quantitative estimate of drug-likeness (QED) is 0.279. The number of nitrogens with one attached hydrogen (secondary N) is 1. The van der Waals surface area contributed by atoms with Crippen molar-refractivity contribution in [1.82, 2.24) is 24.5 Å². The van der Waals surface area contributed by atoms with Crippen molar-refractivity contribution >= 4 is 23.2 Å². The molecule has 0 spiro atoms. The maximum Gasteiger partial charge on any atom is 0.522 e. The second kappa shape index (κ2) is 11.5. The number of benzene rings is 1. The highest BCUT2D eigenvalue weighted by Crippen LogP contribution is 2.41. The van der Waals surface area contributed by atoms with Crippen molar-refractivity contribution in [1.29, 1.82) is 0 Å². The first-order chi connectivity index (χ1) is 18.9. The van der Waals surface area contributed by atoms with Crippen molar-refractivity contribution in [2.75, 3.05) is 11.9 Å². The van der Waals surface area contributed by atoms with Gasteiger partial charge in [-0.2, -0.15) is 5.10 Å². The standard InChI is InChI=1S/C24H21ClF4N6O5/c1-12(21-33-19(20(36)23(38)34(21)2)22(37)32-15-9-31-40-11-15)18(16-7-14(26)3-4-17(16)25)13-8-30-35(10-13)5-6-39-24(27,28)29/h3-4,7-12,18,36H,5-6H2,1-2H3,(H,32,37). The second-order valence-corrected chi connectivity index (χ2v) is 9.07. The van der Waals surface area contributed by atoms with Crippen LogP contribution in [0.15, 0.2) is 52.4 Å². The van der Waals surface area contributed by atoms with Gasteiger partial charge in [0.15, 0.2) is 5.69 Å². The van der Waals surface area contributed by atoms with Crippen LogP contribution in [0.1, 0.15) is 46.2 Å². The number of halogens is 5. The van der Waals surface area contributed by atoms with Crippen LogP contribution in [0.5, 0.6) is 5.75 Å². The molecule has 0 aliphatic heterocycles. The molecule has 3 heterocycles. The lowest BCUT2D eigenvalue weighted by atomic mass is 9.82. The molecule has 2 N–H and O–H groups in total. The van der Waals surface area contributed by atoms with Gasteiger partial charge in [0.25, 0.3) is 11.5 Å². The maximum atomic E-state index is 14.3. The molecule has 2 atom stereocenters. The van der Waals surface area contributed by atoms with Gasteiger partial charge in [-0.25, -0.2) is 9.37 Å². The summed E-state index contributed by atoms with van der Waals surface area (Å²) in [6.07, 6.45) is 0.293. The van der Waals surface area contributed by atoms with Crippen LogP contribution in [0.25, 0.3) is 0 Å². The Labute approximate surface area is 227 Å². The minimum absolute atomic E-state index is 0.0109. The number of alkyl halides is 3. The number of carbonyl (C=O) groups is 1. The number of amides is 1. The molecule has 3 aromatic heterocycles. The van der Waals surface area contributed by atoms with Crippen LogP contribution in [0.2, 0.25) is 5.02 Å². The molecular weight excluding hydrogens is 564 g/mol. The van der Waals surface area contributed by atoms with Gasteiger partial charge < -0.3 is 14.9 Å². The van der Waals surface area contributed by atoms with E-state index in [4.69, 9.17) is 11.6 Å². The summed E-state index contributed by atoms with van der Waals surface area (Å²) in [7, 11) is 1.32. The fraction of sp³-hybridized carbons (Fsp3) is 0.292. The van der Waals surface area contributed by atoms with Crippen LogP contribution in [0.4, 0.5) is 23.2 Å². The van der Waals surface area contributed by atoms with E-state index in [-0.39, 0.29) is 28.6 Å². The Hall–Kier alpha value is -4.24. The summed E-state index contributed by atoms with van der Waals surface area (Å²) in [6, 6.07) is 3.65. The molecular formula is C24H21ClF4N6O5. The van der Waals surface area contributed by atoms with E-state index in [1.165, 1.54) is 42.5 Å². The number of carbonyl (C=O) groups excluding carboxylic acids is 1. The summed E-state index contributed by atoms with van der Waals surface area (Å²) in [6.45, 7) is 0.668. The Morgan fingerprint density at radius 3 is 2.73 bits per heavy atom. The van der Waals surface area contributed by atoms with Crippen LogP contribution >= 0.6 is 11.6 Å². The third-order valence-electron chi connectivity index (χ3n) is 6.01. The molecule has 1 aromatic carbocycles. The Morgan fingerprint density at radius 2 is 2.05 bits per heavy atom. The molecule has 0 aliphatic rings. The van der Waals surface area contributed by atoms with Crippen molar-refractivity contribution in [2.24, 2.45) is 7.05 Å². The Morgan fingerprint density at radius 1 is 1.30 bits per heavy atom. The number of aromatic nitrogens is 5. The van der Waals surface area contributed by atoms with Crippen molar-refractivity contribution in [3.05, 3.63) is 86.9 Å². The number of ether oxygens (including phenoxy) is 1. The van der Waals surface area contributed by atoms with Crippen LogP contribution in [0, 0.1) is 5.82 Å². The molecule has 40 heavy (non-hydrogen) atoms. The largest absolute Gasteiger partial charge is 0.522 e. The molecule has 2 unspecified atom stereocenters. The van der Waals surface area contributed by atoms with Gasteiger partial charge in [0.1, 0.15) is 23.6 Å². The van der Waals surface area contributed by atoms with Gasteiger partial charge in [-0.05, 0) is 29.3 Å². The number of nitrogens with zero attached hydrogens (tertiary/aromatic N) is 5. The molecule has 4 rings (SSSR count). The number of aromatic hydroxyl groups is 1. The second-order valence-electron chi connectivity index (χ2n) is 8.66. The summed E-state index contributed by atoms with van der Waals surface area (Å²) in [4.78, 5) is 30.0. The highest BCUT2D eigenvalue weighted by molar-refractivity contribution is 6.31. The molecule has 16 heteroatoms. The van der Waals surface area contributed by atoms with E-state index in [0.717, 1.165) is 16.9 Å². The first-order valence-corrected chi connectivity index (χ1v) is 11.9. The van der Waals surface area contributed by atoms with E-state index >= 15 is 0 Å². The number of rotatable bonds is 9. The van der Waals surface area contributed by atoms with E-state index < -0.39 is 53.5 Å². The van der Waals surface area contributed by atoms with E-state index in [0.29, 0.717) is 5.56 Å². The molecule has 1 amide bonds. The highest BCUT2D eigenvalue weighted by atomic mass is 35.5. The van der Waals surface area contributed by atoms with Crippen molar-refractivity contribution < 1.29 is 36.7 Å². The van der Waals surface area contributed by atoms with Crippen LogP contribution in [0.3, 0.4) is 0 Å². The fourth-order valence-corrected chi connectivity index (χ4v) is 4.42. The molecule has 212 valence electrons. The number of hydrogen-bond acceptors (Lipinski definition) is 8. The van der Waals surface area contributed by atoms with Gasteiger partial charge in [-0.3, -0.25) is 23.6 Å². The first-order valence-electron chi connectivity index (χ1n) is 11.5. The minimum atomic E-state index is -4.81. The molecule has 0 saturated heterocycles. The minimum Gasteiger partial charge on any atom is -0.501 e. The third-order valence-corrected chi connectivity index (χ3v) is 6.35. The summed E-state index contributed by atoms with van der Waals surface area (Å²) < 4.78 is 62.2. The van der Waals surface area contributed by atoms with Gasteiger partial charge in [-0.15, -0.1) is 13.2 Å². The average molecular weight is 585 g/mol. The fourth-order valence-electron chi connectivity index (χ4n) is 4.19. The lowest BCUT2D eigenvalue weighted by molar-refractivity contribution is -0.325. The lowest BCUT2D eigenvalue weighted by Gasteiger charge is -2.26. The van der Waals surface area contributed by atoms with E-state index in [2.05, 4.69) is 29.8 Å². The van der Waals surface area contributed by atoms with Gasteiger partial charge in [0.2, 0.25) is 5.75 Å². The summed E-state index contributed by atoms with van der Waals surface area (Å²) >= 11 is 6.42. The maximum absolute atomic E-state index is 14.3. The zero-order chi connectivity index (χ0) is 29.2. The lowest BCUT2D eigenvalue weighted by Crippen LogP contribution is -2.29. The smallest absolute Gasteiger partial charge is 0.501 e. The van der Waals surface area contributed by atoms with Crippen molar-refractivity contribution in [3.63, 3.8) is 0 Å². The highest BCUT2D eigenvalue weighted by Gasteiger charge is 2.32. The van der Waals surface area contributed by atoms with Crippen molar-refractivity contribution in [3.8, 4) is 5.75 Å². The molecule has 0 aliphatic carbocycles. The Bertz CT molecular complexity index is 1570. The van der Waals surface area contributed by atoms with Gasteiger partial charge in [0, 0.05) is 30.1 Å². The molecule has 0 radical (unpaired) electrons. The normalized spacial score (nSPS) is 13.3. The van der Waals surface area contributed by atoms with Gasteiger partial charge in [-0.1, -0.05) is 23.7 Å². The third kappa shape index (κ3) is 6.31. The Balaban J connectivity index is 1.77. The molecule has 0 fully saturated rings. The molecule has 0 bridgehead atoms. The van der Waals surface area contributed by atoms with Crippen LogP contribution in [-0.4, -0.2) is 48.5 Å². The van der Waals surface area contributed by atoms with Crippen LogP contribution < -0.4 is 10.9 Å². The van der Waals surface area contributed by atoms with E-state index in [1.807, 2.05) is 0 Å². The summed E-state index contributed by atoms with van der Waals surface area (Å²) in [5.74, 6) is -4.11. The topological polar surface area (TPSA) is 137 Å². The van der Waals surface area contributed by atoms with Crippen LogP contribution in [-0.2, 0) is 18.3 Å². The summed E-state index contributed by atoms with van der Waals surface area (Å²) in [5.41, 5.74) is -0.720. The monoisotopic (exact) mass is 584 g/mol. The average Bonchev–Trinajstić information content (AvgIpc) is 3.56. The summed E-state index contributed by atoms with van der Waals surface area (Å²) in [5, 5.41) is 20.5. The zero-order valence-electron chi connectivity index (χ0n) is 20.8. The van der Waals surface area contributed by atoms with Gasteiger partial charge in [0.05, 0.1) is 25.5 Å². The molecule has 0 saturated carbocycles. The molecule has 11 nitrogen and oxygen atoms in total. The first kappa shape index (κ1) is 28.8. The number of anilines is 1.